The van der Waals surface area contributed by atoms with Gasteiger partial charge in [-0.25, -0.2) is 0 Å². The molecule has 0 atom stereocenters. The van der Waals surface area contributed by atoms with Crippen molar-refractivity contribution < 1.29 is 4.79 Å². The second-order valence-corrected chi connectivity index (χ2v) is 6.34. The maximum absolute atomic E-state index is 11.5. The molecule has 130 valence electrons. The zero-order valence-corrected chi connectivity index (χ0v) is 14.5. The molecule has 1 N–H and O–H groups in total. The van der Waals surface area contributed by atoms with Gasteiger partial charge in [0.1, 0.15) is 0 Å². The van der Waals surface area contributed by atoms with Gasteiger partial charge >= 0.3 is 0 Å². The normalized spacial score (nSPS) is 13.2. The van der Waals surface area contributed by atoms with E-state index in [1.807, 2.05) is 12.1 Å². The summed E-state index contributed by atoms with van der Waals surface area (Å²) in [5.74, 6) is 1.23. The first-order chi connectivity index (χ1) is 12.7. The first-order valence-corrected chi connectivity index (χ1v) is 8.58. The van der Waals surface area contributed by atoms with E-state index in [4.69, 9.17) is 0 Å². The number of benzene rings is 2. The quantitative estimate of drug-likeness (QED) is 0.731. The van der Waals surface area contributed by atoms with Crippen LogP contribution in [0.2, 0.25) is 0 Å². The SMILES string of the molecule is CC(=O)c1cccc(Nc2nncc(N3CCc4ccccc4C3)n2)c1. The fourth-order valence-corrected chi connectivity index (χ4v) is 3.14. The van der Waals surface area contributed by atoms with Crippen LogP contribution in [0.5, 0.6) is 0 Å². The van der Waals surface area contributed by atoms with Crippen LogP contribution in [0, 0.1) is 0 Å². The highest BCUT2D eigenvalue weighted by atomic mass is 16.1. The maximum Gasteiger partial charge on any atom is 0.249 e. The molecule has 3 aromatic rings. The number of carbonyl (C=O) groups is 1. The van der Waals surface area contributed by atoms with Crippen LogP contribution in [0.4, 0.5) is 17.5 Å². The van der Waals surface area contributed by atoms with Crippen molar-refractivity contribution in [2.75, 3.05) is 16.8 Å². The third kappa shape index (κ3) is 3.39. The highest BCUT2D eigenvalue weighted by Gasteiger charge is 2.18. The van der Waals surface area contributed by atoms with Crippen molar-refractivity contribution >= 4 is 23.2 Å². The third-order valence-electron chi connectivity index (χ3n) is 4.53. The van der Waals surface area contributed by atoms with Gasteiger partial charge in [-0.2, -0.15) is 10.1 Å². The van der Waals surface area contributed by atoms with E-state index in [0.717, 1.165) is 31.0 Å². The second kappa shape index (κ2) is 6.92. The van der Waals surface area contributed by atoms with Crippen LogP contribution < -0.4 is 10.2 Å². The highest BCUT2D eigenvalue weighted by Crippen LogP contribution is 2.23. The van der Waals surface area contributed by atoms with Gasteiger partial charge in [0, 0.05) is 24.3 Å². The maximum atomic E-state index is 11.5. The Labute approximate surface area is 151 Å². The van der Waals surface area contributed by atoms with Crippen LogP contribution in [0.15, 0.2) is 54.7 Å². The summed E-state index contributed by atoms with van der Waals surface area (Å²) in [5.41, 5.74) is 4.12. The molecule has 6 nitrogen and oxygen atoms in total. The minimum Gasteiger partial charge on any atom is -0.350 e. The van der Waals surface area contributed by atoms with E-state index in [0.29, 0.717) is 11.5 Å². The smallest absolute Gasteiger partial charge is 0.249 e. The predicted octanol–water partition coefficient (Wildman–Crippen LogP) is 3.38. The molecule has 1 aromatic heterocycles. The summed E-state index contributed by atoms with van der Waals surface area (Å²) in [7, 11) is 0. The summed E-state index contributed by atoms with van der Waals surface area (Å²) in [4.78, 5) is 18.3. The second-order valence-electron chi connectivity index (χ2n) is 6.34. The van der Waals surface area contributed by atoms with Gasteiger partial charge in [0.15, 0.2) is 11.6 Å². The summed E-state index contributed by atoms with van der Waals surface area (Å²) >= 11 is 0. The molecule has 0 spiro atoms. The topological polar surface area (TPSA) is 71.0 Å². The van der Waals surface area contributed by atoms with Crippen LogP contribution >= 0.6 is 0 Å². The zero-order valence-electron chi connectivity index (χ0n) is 14.5. The highest BCUT2D eigenvalue weighted by molar-refractivity contribution is 5.95. The standard InChI is InChI=1S/C20H19N5O/c1-14(26)16-7-4-8-18(11-16)22-20-23-19(12-21-24-20)25-10-9-15-5-2-3-6-17(15)13-25/h2-8,11-12H,9-10,13H2,1H3,(H,22,23,24). The van der Waals surface area contributed by atoms with Gasteiger partial charge in [-0.1, -0.05) is 36.4 Å². The summed E-state index contributed by atoms with van der Waals surface area (Å²) < 4.78 is 0. The van der Waals surface area contributed by atoms with Gasteiger partial charge in [-0.3, -0.25) is 4.79 Å². The van der Waals surface area contributed by atoms with Crippen LogP contribution in [0.3, 0.4) is 0 Å². The van der Waals surface area contributed by atoms with Gasteiger partial charge in [0.25, 0.3) is 0 Å². The molecule has 0 amide bonds. The monoisotopic (exact) mass is 345 g/mol. The number of aromatic nitrogens is 3. The van der Waals surface area contributed by atoms with Gasteiger partial charge in [0.05, 0.1) is 6.20 Å². The molecule has 26 heavy (non-hydrogen) atoms. The molecule has 0 saturated carbocycles. The van der Waals surface area contributed by atoms with E-state index in [9.17, 15) is 4.79 Å². The van der Waals surface area contributed by atoms with Crippen LogP contribution in [0.25, 0.3) is 0 Å². The number of nitrogens with zero attached hydrogens (tertiary/aromatic N) is 4. The lowest BCUT2D eigenvalue weighted by atomic mass is 10.0. The first kappa shape index (κ1) is 16.2. The largest absolute Gasteiger partial charge is 0.350 e. The van der Waals surface area contributed by atoms with Gasteiger partial charge < -0.3 is 10.2 Å². The van der Waals surface area contributed by atoms with Crippen LogP contribution in [-0.4, -0.2) is 27.5 Å². The molecule has 2 aromatic carbocycles. The van der Waals surface area contributed by atoms with E-state index in [1.165, 1.54) is 11.1 Å². The van der Waals surface area contributed by atoms with Crippen molar-refractivity contribution in [3.63, 3.8) is 0 Å². The van der Waals surface area contributed by atoms with E-state index in [1.54, 1.807) is 25.3 Å². The van der Waals surface area contributed by atoms with Crippen molar-refractivity contribution in [1.29, 1.82) is 0 Å². The summed E-state index contributed by atoms with van der Waals surface area (Å²) in [6.07, 6.45) is 2.68. The number of rotatable bonds is 4. The lowest BCUT2D eigenvalue weighted by Gasteiger charge is -2.29. The number of hydrogen-bond donors (Lipinski definition) is 1. The molecule has 1 aliphatic heterocycles. The first-order valence-electron chi connectivity index (χ1n) is 8.58. The van der Waals surface area contributed by atoms with Crippen molar-refractivity contribution in [3.05, 3.63) is 71.4 Å². The van der Waals surface area contributed by atoms with Gasteiger partial charge in [0.2, 0.25) is 5.95 Å². The van der Waals surface area contributed by atoms with E-state index < -0.39 is 0 Å². The third-order valence-corrected chi connectivity index (χ3v) is 4.53. The summed E-state index contributed by atoms with van der Waals surface area (Å²) in [5, 5.41) is 11.3. The Bertz CT molecular complexity index is 956. The fourth-order valence-electron chi connectivity index (χ4n) is 3.14. The van der Waals surface area contributed by atoms with Gasteiger partial charge in [-0.15, -0.1) is 5.10 Å². The Morgan fingerprint density at radius 3 is 2.81 bits per heavy atom. The number of hydrogen-bond acceptors (Lipinski definition) is 6. The molecule has 6 heteroatoms. The van der Waals surface area contributed by atoms with Crippen molar-refractivity contribution in [2.24, 2.45) is 0 Å². The fraction of sp³-hybridized carbons (Fsp3) is 0.200. The Hall–Kier alpha value is -3.28. The molecule has 4 rings (SSSR count). The molecule has 1 aliphatic rings. The number of fused-ring (bicyclic) bond motifs is 1. The number of nitrogens with one attached hydrogen (secondary N) is 1. The molecule has 0 radical (unpaired) electrons. The minimum absolute atomic E-state index is 0.0217. The predicted molar refractivity (Wildman–Crippen MR) is 101 cm³/mol. The Kier molecular flexibility index (Phi) is 4.31. The molecule has 0 fully saturated rings. The van der Waals surface area contributed by atoms with Crippen molar-refractivity contribution in [1.82, 2.24) is 15.2 Å². The molecular weight excluding hydrogens is 326 g/mol. The van der Waals surface area contributed by atoms with Gasteiger partial charge in [-0.05, 0) is 36.6 Å². The average molecular weight is 345 g/mol. The number of carbonyl (C=O) groups excluding carboxylic acids is 1. The summed E-state index contributed by atoms with van der Waals surface area (Å²) in [6.45, 7) is 3.26. The zero-order chi connectivity index (χ0) is 17.9. The lowest BCUT2D eigenvalue weighted by Crippen LogP contribution is -2.31. The van der Waals surface area contributed by atoms with Crippen molar-refractivity contribution in [2.45, 2.75) is 19.9 Å². The molecule has 0 bridgehead atoms. The van der Waals surface area contributed by atoms with E-state index >= 15 is 0 Å². The molecule has 0 unspecified atom stereocenters. The molecular formula is C20H19N5O. The molecule has 0 saturated heterocycles. The summed E-state index contributed by atoms with van der Waals surface area (Å²) in [6, 6.07) is 15.8. The minimum atomic E-state index is 0.0217. The van der Waals surface area contributed by atoms with Crippen LogP contribution in [0.1, 0.15) is 28.4 Å². The van der Waals surface area contributed by atoms with Crippen molar-refractivity contribution in [3.8, 4) is 0 Å². The lowest BCUT2D eigenvalue weighted by molar-refractivity contribution is 0.101. The molecule has 0 aliphatic carbocycles. The number of Topliss-reactive ketones (excluding diaryl/α,β-unsaturated/α-hetero) is 1. The Morgan fingerprint density at radius 2 is 1.96 bits per heavy atom. The van der Waals surface area contributed by atoms with Crippen LogP contribution in [-0.2, 0) is 13.0 Å². The Balaban J connectivity index is 1.54. The Morgan fingerprint density at radius 1 is 1.12 bits per heavy atom. The molecule has 2 heterocycles. The van der Waals surface area contributed by atoms with E-state index in [-0.39, 0.29) is 5.78 Å². The number of ketones is 1. The average Bonchev–Trinajstić information content (AvgIpc) is 2.68. The van der Waals surface area contributed by atoms with E-state index in [2.05, 4.69) is 49.7 Å². The number of anilines is 3.